The largest absolute Gasteiger partial charge is 0.293 e. The fourth-order valence-corrected chi connectivity index (χ4v) is 1.66. The van der Waals surface area contributed by atoms with Crippen LogP contribution in [0.15, 0.2) is 16.6 Å². The monoisotopic (exact) mass is 209 g/mol. The summed E-state index contributed by atoms with van der Waals surface area (Å²) in [7, 11) is 1.88. The Morgan fingerprint density at radius 1 is 1.27 bits per heavy atom. The molecule has 0 heterocycles. The quantitative estimate of drug-likeness (QED) is 0.572. The summed E-state index contributed by atoms with van der Waals surface area (Å²) in [6, 6.07) is 0. The van der Waals surface area contributed by atoms with Crippen LogP contribution in [0.25, 0.3) is 0 Å². The number of hydrogen-bond acceptors (Lipinski definition) is 1. The van der Waals surface area contributed by atoms with Crippen molar-refractivity contribution in [1.82, 2.24) is 0 Å². The normalized spacial score (nSPS) is 15.9. The highest BCUT2D eigenvalue weighted by Gasteiger charge is 2.06. The molecule has 0 radical (unpaired) electrons. The van der Waals surface area contributed by atoms with Crippen molar-refractivity contribution in [3.63, 3.8) is 0 Å². The van der Waals surface area contributed by atoms with Crippen molar-refractivity contribution in [3.8, 4) is 0 Å². The Morgan fingerprint density at radius 2 is 1.87 bits per heavy atom. The number of rotatable bonds is 6. The van der Waals surface area contributed by atoms with Gasteiger partial charge in [0, 0.05) is 12.8 Å². The summed E-state index contributed by atoms with van der Waals surface area (Å²) in [6.07, 6.45) is 6.14. The minimum atomic E-state index is 0.589. The van der Waals surface area contributed by atoms with Crippen LogP contribution in [-0.2, 0) is 0 Å². The fourth-order valence-electron chi connectivity index (χ4n) is 1.66. The number of hydrogen-bond donors (Lipinski definition) is 0. The molecule has 0 saturated heterocycles. The molecule has 0 aromatic carbocycles. The fraction of sp³-hybridized carbons (Fsp3) is 0.786. The molecule has 0 fully saturated rings. The third-order valence-electron chi connectivity index (χ3n) is 3.10. The molecule has 0 N–H and O–H groups in total. The van der Waals surface area contributed by atoms with Crippen LogP contribution in [0.3, 0.4) is 0 Å². The van der Waals surface area contributed by atoms with E-state index in [0.717, 1.165) is 5.92 Å². The Kier molecular flexibility index (Phi) is 7.37. The van der Waals surface area contributed by atoms with Gasteiger partial charge in [-0.3, -0.25) is 4.99 Å². The van der Waals surface area contributed by atoms with Crippen molar-refractivity contribution in [3.05, 3.63) is 11.6 Å². The van der Waals surface area contributed by atoms with Crippen molar-refractivity contribution in [2.45, 2.75) is 53.9 Å². The molecule has 0 aliphatic carbocycles. The summed E-state index contributed by atoms with van der Waals surface area (Å²) in [5.74, 6) is 1.43. The van der Waals surface area contributed by atoms with Crippen molar-refractivity contribution in [2.24, 2.45) is 16.8 Å². The standard InChI is InChI=1S/C14H27N/c1-7-12(4)9-8-10-14(11(2)3)13(5)15-6/h10-12H,7-9H2,1-6H3. The topological polar surface area (TPSA) is 12.4 Å². The molecule has 1 heteroatoms. The summed E-state index contributed by atoms with van der Waals surface area (Å²) >= 11 is 0. The average molecular weight is 209 g/mol. The number of allylic oxidation sites excluding steroid dienone is 2. The zero-order valence-electron chi connectivity index (χ0n) is 11.3. The summed E-state index contributed by atoms with van der Waals surface area (Å²) in [4.78, 5) is 4.28. The first-order valence-corrected chi connectivity index (χ1v) is 6.16. The summed E-state index contributed by atoms with van der Waals surface area (Å²) in [6.45, 7) is 11.2. The molecule has 1 unspecified atom stereocenters. The molecule has 15 heavy (non-hydrogen) atoms. The van der Waals surface area contributed by atoms with E-state index in [4.69, 9.17) is 0 Å². The van der Waals surface area contributed by atoms with Crippen molar-refractivity contribution >= 4 is 5.71 Å². The van der Waals surface area contributed by atoms with E-state index in [9.17, 15) is 0 Å². The molecule has 0 spiro atoms. The van der Waals surface area contributed by atoms with E-state index in [-0.39, 0.29) is 0 Å². The molecule has 0 aliphatic rings. The summed E-state index contributed by atoms with van der Waals surface area (Å²) < 4.78 is 0. The predicted octanol–water partition coefficient (Wildman–Crippen LogP) is 4.49. The first kappa shape index (κ1) is 14.4. The second-order valence-electron chi connectivity index (χ2n) is 4.71. The zero-order valence-corrected chi connectivity index (χ0v) is 11.3. The Labute approximate surface area is 95.7 Å². The molecule has 0 aromatic heterocycles. The highest BCUT2D eigenvalue weighted by molar-refractivity contribution is 5.98. The van der Waals surface area contributed by atoms with Gasteiger partial charge in [0.1, 0.15) is 0 Å². The zero-order chi connectivity index (χ0) is 11.8. The maximum absolute atomic E-state index is 4.28. The molecule has 0 rings (SSSR count). The van der Waals surface area contributed by atoms with Gasteiger partial charge in [-0.1, -0.05) is 40.2 Å². The summed E-state index contributed by atoms with van der Waals surface area (Å²) in [5, 5.41) is 0. The van der Waals surface area contributed by atoms with Gasteiger partial charge in [0.05, 0.1) is 0 Å². The first-order chi connectivity index (χ1) is 7.02. The molecule has 1 atom stereocenters. The van der Waals surface area contributed by atoms with E-state index < -0.39 is 0 Å². The van der Waals surface area contributed by atoms with Crippen LogP contribution in [0, 0.1) is 11.8 Å². The van der Waals surface area contributed by atoms with Gasteiger partial charge in [0.25, 0.3) is 0 Å². The van der Waals surface area contributed by atoms with Gasteiger partial charge in [-0.25, -0.2) is 0 Å². The molecule has 1 nitrogen and oxygen atoms in total. The van der Waals surface area contributed by atoms with E-state index >= 15 is 0 Å². The van der Waals surface area contributed by atoms with Crippen molar-refractivity contribution in [1.29, 1.82) is 0 Å². The smallest absolute Gasteiger partial charge is 0.0345 e. The lowest BCUT2D eigenvalue weighted by Crippen LogP contribution is -2.05. The molecule has 0 saturated carbocycles. The molecule has 0 aromatic rings. The van der Waals surface area contributed by atoms with Crippen LogP contribution in [0.5, 0.6) is 0 Å². The lowest BCUT2D eigenvalue weighted by Gasteiger charge is -2.12. The van der Waals surface area contributed by atoms with E-state index in [1.807, 2.05) is 7.05 Å². The molecule has 0 amide bonds. The molecular formula is C14H27N. The second-order valence-corrected chi connectivity index (χ2v) is 4.71. The van der Waals surface area contributed by atoms with E-state index in [2.05, 4.69) is 45.7 Å². The van der Waals surface area contributed by atoms with Gasteiger partial charge in [0.15, 0.2) is 0 Å². The highest BCUT2D eigenvalue weighted by Crippen LogP contribution is 2.16. The van der Waals surface area contributed by atoms with Crippen molar-refractivity contribution < 1.29 is 0 Å². The van der Waals surface area contributed by atoms with Crippen molar-refractivity contribution in [2.75, 3.05) is 7.05 Å². The lowest BCUT2D eigenvalue weighted by molar-refractivity contribution is 0.520. The Hall–Kier alpha value is -0.590. The van der Waals surface area contributed by atoms with E-state index in [1.54, 1.807) is 0 Å². The van der Waals surface area contributed by atoms with Crippen LogP contribution in [0.4, 0.5) is 0 Å². The SMILES string of the molecule is CCC(C)CCC=C(C(C)=NC)C(C)C. The minimum absolute atomic E-state index is 0.589. The second kappa shape index (κ2) is 7.67. The average Bonchev–Trinajstić information content (AvgIpc) is 2.22. The maximum atomic E-state index is 4.28. The van der Waals surface area contributed by atoms with Gasteiger partial charge in [-0.05, 0) is 37.2 Å². The predicted molar refractivity (Wildman–Crippen MR) is 70.6 cm³/mol. The maximum Gasteiger partial charge on any atom is 0.0345 e. The molecular weight excluding hydrogens is 182 g/mol. The van der Waals surface area contributed by atoms with Crippen LogP contribution < -0.4 is 0 Å². The highest BCUT2D eigenvalue weighted by atomic mass is 14.7. The van der Waals surface area contributed by atoms with Gasteiger partial charge >= 0.3 is 0 Å². The third kappa shape index (κ3) is 5.76. The van der Waals surface area contributed by atoms with E-state index in [1.165, 1.54) is 30.5 Å². The Bertz CT molecular complexity index is 223. The third-order valence-corrected chi connectivity index (χ3v) is 3.10. The van der Waals surface area contributed by atoms with Crippen LogP contribution in [0.1, 0.15) is 53.9 Å². The van der Waals surface area contributed by atoms with Gasteiger partial charge < -0.3 is 0 Å². The van der Waals surface area contributed by atoms with Gasteiger partial charge in [0.2, 0.25) is 0 Å². The minimum Gasteiger partial charge on any atom is -0.293 e. The van der Waals surface area contributed by atoms with E-state index in [0.29, 0.717) is 5.92 Å². The molecule has 0 aliphatic heterocycles. The van der Waals surface area contributed by atoms with Crippen LogP contribution in [0.2, 0.25) is 0 Å². The van der Waals surface area contributed by atoms with Gasteiger partial charge in [-0.2, -0.15) is 0 Å². The first-order valence-electron chi connectivity index (χ1n) is 6.16. The Morgan fingerprint density at radius 3 is 2.27 bits per heavy atom. The van der Waals surface area contributed by atoms with Crippen LogP contribution >= 0.6 is 0 Å². The summed E-state index contributed by atoms with van der Waals surface area (Å²) in [5.41, 5.74) is 2.61. The number of aliphatic imine (C=N–C) groups is 1. The number of nitrogens with zero attached hydrogens (tertiary/aromatic N) is 1. The molecule has 88 valence electrons. The lowest BCUT2D eigenvalue weighted by atomic mass is 9.95. The van der Waals surface area contributed by atoms with Crippen LogP contribution in [-0.4, -0.2) is 12.8 Å². The Balaban J connectivity index is 4.32. The molecule has 0 bridgehead atoms. The van der Waals surface area contributed by atoms with Gasteiger partial charge in [-0.15, -0.1) is 0 Å².